The summed E-state index contributed by atoms with van der Waals surface area (Å²) in [7, 11) is 0. The first-order valence-corrected chi connectivity index (χ1v) is 5.28. The Kier molecular flexibility index (Phi) is 5.00. The molecule has 0 spiro atoms. The van der Waals surface area contributed by atoms with Crippen molar-refractivity contribution >= 4 is 11.7 Å². The van der Waals surface area contributed by atoms with Gasteiger partial charge in [-0.25, -0.2) is 10.3 Å². The Morgan fingerprint density at radius 3 is 2.61 bits per heavy atom. The van der Waals surface area contributed by atoms with Gasteiger partial charge in [-0.1, -0.05) is 0 Å². The minimum absolute atomic E-state index is 0.0320. The van der Waals surface area contributed by atoms with Gasteiger partial charge in [-0.2, -0.15) is 0 Å². The fourth-order valence-electron chi connectivity index (χ4n) is 1.37. The standard InChI is InChI=1S/C10H13N3O5/c14-7(2-1-3-8(15)13-18)4-6-5-11-10(17)12-9(6)16/h5,18H,1-4H2,(H,13,15)(H2,11,12,16,17). The predicted octanol–water partition coefficient (Wildman–Crippen LogP) is -1.15. The van der Waals surface area contributed by atoms with Crippen LogP contribution < -0.4 is 16.7 Å². The van der Waals surface area contributed by atoms with E-state index in [-0.39, 0.29) is 37.0 Å². The van der Waals surface area contributed by atoms with E-state index >= 15 is 0 Å². The van der Waals surface area contributed by atoms with Crippen LogP contribution in [0.1, 0.15) is 24.8 Å². The number of aromatic nitrogens is 2. The smallest absolute Gasteiger partial charge is 0.314 e. The molecule has 0 fully saturated rings. The van der Waals surface area contributed by atoms with E-state index in [9.17, 15) is 19.2 Å². The lowest BCUT2D eigenvalue weighted by Gasteiger charge is -2.00. The molecule has 0 radical (unpaired) electrons. The number of aromatic amines is 2. The van der Waals surface area contributed by atoms with Crippen LogP contribution in [0.25, 0.3) is 0 Å². The van der Waals surface area contributed by atoms with Gasteiger partial charge in [0, 0.05) is 31.0 Å². The predicted molar refractivity (Wildman–Crippen MR) is 60.2 cm³/mol. The fourth-order valence-corrected chi connectivity index (χ4v) is 1.37. The Morgan fingerprint density at radius 2 is 2.00 bits per heavy atom. The van der Waals surface area contributed by atoms with Crippen molar-refractivity contribution in [3.8, 4) is 0 Å². The highest BCUT2D eigenvalue weighted by Crippen LogP contribution is 2.00. The molecule has 1 heterocycles. The van der Waals surface area contributed by atoms with Crippen LogP contribution in [0.3, 0.4) is 0 Å². The molecule has 0 aliphatic heterocycles. The van der Waals surface area contributed by atoms with Gasteiger partial charge >= 0.3 is 5.69 Å². The SMILES string of the molecule is O=C(CCCC(=O)NO)Cc1c[nH]c(=O)[nH]c1=O. The molecule has 0 aromatic carbocycles. The number of nitrogens with one attached hydrogen (secondary N) is 3. The molecule has 4 N–H and O–H groups in total. The third kappa shape index (κ3) is 4.34. The van der Waals surface area contributed by atoms with Crippen LogP contribution in [0.5, 0.6) is 0 Å². The average molecular weight is 255 g/mol. The maximum Gasteiger partial charge on any atom is 0.325 e. The molecule has 0 aliphatic rings. The number of carbonyl (C=O) groups excluding carboxylic acids is 2. The monoisotopic (exact) mass is 255 g/mol. The highest BCUT2D eigenvalue weighted by Gasteiger charge is 2.08. The quantitative estimate of drug-likeness (QED) is 0.376. The normalized spacial score (nSPS) is 10.1. The molecule has 1 aromatic rings. The summed E-state index contributed by atoms with van der Waals surface area (Å²) in [6.07, 6.45) is 1.52. The molecule has 0 bridgehead atoms. The fraction of sp³-hybridized carbons (Fsp3) is 0.400. The van der Waals surface area contributed by atoms with Crippen molar-refractivity contribution in [3.63, 3.8) is 0 Å². The molecule has 8 heteroatoms. The summed E-state index contributed by atoms with van der Waals surface area (Å²) in [5.74, 6) is -0.789. The molecule has 98 valence electrons. The van der Waals surface area contributed by atoms with Crippen LogP contribution >= 0.6 is 0 Å². The lowest BCUT2D eigenvalue weighted by Crippen LogP contribution is -2.26. The third-order valence-electron chi connectivity index (χ3n) is 2.27. The van der Waals surface area contributed by atoms with E-state index < -0.39 is 17.2 Å². The van der Waals surface area contributed by atoms with Crippen molar-refractivity contribution in [2.45, 2.75) is 25.7 Å². The van der Waals surface area contributed by atoms with Gasteiger partial charge in [0.05, 0.1) is 0 Å². The number of carbonyl (C=O) groups is 2. The van der Waals surface area contributed by atoms with Crippen molar-refractivity contribution in [2.24, 2.45) is 0 Å². The summed E-state index contributed by atoms with van der Waals surface area (Å²) in [5.41, 5.74) is 0.405. The topological polar surface area (TPSA) is 132 Å². The second-order valence-corrected chi connectivity index (χ2v) is 3.70. The Bertz CT molecular complexity index is 545. The summed E-state index contributed by atoms with van der Waals surface area (Å²) >= 11 is 0. The third-order valence-corrected chi connectivity index (χ3v) is 2.27. The zero-order chi connectivity index (χ0) is 13.5. The Hall–Kier alpha value is -2.22. The number of rotatable bonds is 6. The lowest BCUT2D eigenvalue weighted by molar-refractivity contribution is -0.129. The maximum atomic E-state index is 11.5. The number of amides is 1. The van der Waals surface area contributed by atoms with E-state index in [2.05, 4.69) is 4.98 Å². The van der Waals surface area contributed by atoms with E-state index in [1.54, 1.807) is 0 Å². The van der Waals surface area contributed by atoms with Gasteiger partial charge in [0.25, 0.3) is 5.56 Å². The number of hydrogen-bond donors (Lipinski definition) is 4. The summed E-state index contributed by atoms with van der Waals surface area (Å²) in [6.45, 7) is 0. The highest BCUT2D eigenvalue weighted by molar-refractivity contribution is 5.81. The lowest BCUT2D eigenvalue weighted by atomic mass is 10.1. The van der Waals surface area contributed by atoms with Crippen LogP contribution in [0.15, 0.2) is 15.8 Å². The molecule has 18 heavy (non-hydrogen) atoms. The van der Waals surface area contributed by atoms with Crippen LogP contribution in [0.4, 0.5) is 0 Å². The molecule has 0 aliphatic carbocycles. The molecule has 0 saturated heterocycles. The molecule has 0 atom stereocenters. The van der Waals surface area contributed by atoms with Crippen molar-refractivity contribution in [1.82, 2.24) is 15.4 Å². The van der Waals surface area contributed by atoms with Gasteiger partial charge in [-0.15, -0.1) is 0 Å². The first-order valence-electron chi connectivity index (χ1n) is 5.28. The van der Waals surface area contributed by atoms with E-state index in [4.69, 9.17) is 5.21 Å². The van der Waals surface area contributed by atoms with Crippen molar-refractivity contribution in [1.29, 1.82) is 0 Å². The van der Waals surface area contributed by atoms with Gasteiger partial charge in [0.15, 0.2) is 0 Å². The molecule has 1 rings (SSSR count). The average Bonchev–Trinajstić information content (AvgIpc) is 2.32. The number of hydroxylamine groups is 1. The molecule has 0 saturated carbocycles. The van der Waals surface area contributed by atoms with Crippen LogP contribution in [0.2, 0.25) is 0 Å². The molecule has 1 aromatic heterocycles. The van der Waals surface area contributed by atoms with E-state index in [1.165, 1.54) is 11.7 Å². The Labute approximate surface area is 101 Å². The van der Waals surface area contributed by atoms with Gasteiger partial charge in [0.2, 0.25) is 5.91 Å². The maximum absolute atomic E-state index is 11.5. The van der Waals surface area contributed by atoms with Gasteiger partial charge < -0.3 is 4.98 Å². The molecule has 1 amide bonds. The second kappa shape index (κ2) is 6.50. The van der Waals surface area contributed by atoms with E-state index in [0.29, 0.717) is 0 Å². The highest BCUT2D eigenvalue weighted by atomic mass is 16.5. The van der Waals surface area contributed by atoms with Crippen molar-refractivity contribution < 1.29 is 14.8 Å². The van der Waals surface area contributed by atoms with Gasteiger partial charge in [0.1, 0.15) is 5.78 Å². The second-order valence-electron chi connectivity index (χ2n) is 3.70. The van der Waals surface area contributed by atoms with Crippen LogP contribution in [0, 0.1) is 0 Å². The van der Waals surface area contributed by atoms with Gasteiger partial charge in [-0.3, -0.25) is 24.6 Å². The number of Topliss-reactive ketones (excluding diaryl/α,β-unsaturated/α-hetero) is 1. The molecular formula is C10H13N3O5. The Balaban J connectivity index is 2.47. The van der Waals surface area contributed by atoms with Crippen molar-refractivity contribution in [2.75, 3.05) is 0 Å². The number of hydrogen-bond acceptors (Lipinski definition) is 5. The molecule has 0 unspecified atom stereocenters. The first-order chi connectivity index (χ1) is 8.52. The summed E-state index contributed by atoms with van der Waals surface area (Å²) in [5, 5.41) is 8.23. The summed E-state index contributed by atoms with van der Waals surface area (Å²) in [4.78, 5) is 48.5. The van der Waals surface area contributed by atoms with Crippen LogP contribution in [-0.2, 0) is 16.0 Å². The Morgan fingerprint density at radius 1 is 1.28 bits per heavy atom. The largest absolute Gasteiger partial charge is 0.325 e. The van der Waals surface area contributed by atoms with Gasteiger partial charge in [-0.05, 0) is 6.42 Å². The minimum Gasteiger partial charge on any atom is -0.314 e. The first kappa shape index (κ1) is 13.8. The number of H-pyrrole nitrogens is 2. The summed E-state index contributed by atoms with van der Waals surface area (Å²) in [6, 6.07) is 0. The molecular weight excluding hydrogens is 242 g/mol. The summed E-state index contributed by atoms with van der Waals surface area (Å²) < 4.78 is 0. The van der Waals surface area contributed by atoms with E-state index in [1.807, 2.05) is 4.98 Å². The minimum atomic E-state index is -0.629. The zero-order valence-corrected chi connectivity index (χ0v) is 9.49. The van der Waals surface area contributed by atoms with E-state index in [0.717, 1.165) is 0 Å². The molecule has 8 nitrogen and oxygen atoms in total. The van der Waals surface area contributed by atoms with Crippen molar-refractivity contribution in [3.05, 3.63) is 32.6 Å². The van der Waals surface area contributed by atoms with Crippen LogP contribution in [-0.4, -0.2) is 26.9 Å². The zero-order valence-electron chi connectivity index (χ0n) is 9.49. The number of ketones is 1.